The maximum Gasteiger partial charge on any atom is 0.225 e. The Balaban J connectivity index is 0.00000100. The zero-order chi connectivity index (χ0) is 17.2. The highest BCUT2D eigenvalue weighted by molar-refractivity contribution is 5.28. The van der Waals surface area contributed by atoms with Crippen LogP contribution in [-0.2, 0) is 0 Å². The molecule has 136 valence electrons. The first-order valence-corrected chi connectivity index (χ1v) is 9.74. The molecule has 5 heteroatoms. The van der Waals surface area contributed by atoms with Crippen molar-refractivity contribution >= 4 is 5.95 Å². The average molecular weight is 334 g/mol. The number of hydrogen-bond donors (Lipinski definition) is 0. The summed E-state index contributed by atoms with van der Waals surface area (Å²) in [6.07, 6.45) is 9.00. The predicted molar refractivity (Wildman–Crippen MR) is 101 cm³/mol. The average Bonchev–Trinajstić information content (AvgIpc) is 2.66. The fourth-order valence-corrected chi connectivity index (χ4v) is 3.55. The Morgan fingerprint density at radius 1 is 0.958 bits per heavy atom. The third-order valence-corrected chi connectivity index (χ3v) is 5.13. The molecule has 1 aromatic heterocycles. The first kappa shape index (κ1) is 19.1. The van der Waals surface area contributed by atoms with Gasteiger partial charge in [0.25, 0.3) is 0 Å². The van der Waals surface area contributed by atoms with Crippen molar-refractivity contribution in [3.8, 4) is 0 Å². The van der Waals surface area contributed by atoms with Gasteiger partial charge in [-0.05, 0) is 51.3 Å². The molecule has 2 aliphatic heterocycles. The molecular weight excluding hydrogens is 298 g/mol. The monoisotopic (exact) mass is 333 g/mol. The van der Waals surface area contributed by atoms with E-state index in [1.807, 2.05) is 32.3 Å². The van der Waals surface area contributed by atoms with Crippen LogP contribution in [0, 0.1) is 5.92 Å². The van der Waals surface area contributed by atoms with Gasteiger partial charge in [-0.2, -0.15) is 0 Å². The summed E-state index contributed by atoms with van der Waals surface area (Å²) in [6.45, 7) is 12.5. The highest BCUT2D eigenvalue weighted by Gasteiger charge is 2.21. The number of aromatic nitrogens is 2. The van der Waals surface area contributed by atoms with E-state index in [0.29, 0.717) is 0 Å². The molecule has 0 unspecified atom stereocenters. The van der Waals surface area contributed by atoms with Crippen molar-refractivity contribution in [2.75, 3.05) is 57.8 Å². The quantitative estimate of drug-likeness (QED) is 0.828. The number of anilines is 1. The highest BCUT2D eigenvalue weighted by atomic mass is 15.3. The summed E-state index contributed by atoms with van der Waals surface area (Å²) in [4.78, 5) is 16.1. The maximum absolute atomic E-state index is 4.36. The molecule has 1 aromatic rings. The highest BCUT2D eigenvalue weighted by Crippen LogP contribution is 2.24. The fourth-order valence-electron chi connectivity index (χ4n) is 3.55. The Kier molecular flexibility index (Phi) is 8.47. The van der Waals surface area contributed by atoms with E-state index < -0.39 is 0 Å². The van der Waals surface area contributed by atoms with Gasteiger partial charge in [-0.3, -0.25) is 0 Å². The minimum absolute atomic E-state index is 0.896. The number of hydrogen-bond acceptors (Lipinski definition) is 5. The van der Waals surface area contributed by atoms with Gasteiger partial charge in [0.2, 0.25) is 5.95 Å². The Labute approximate surface area is 148 Å². The lowest BCUT2D eigenvalue weighted by molar-refractivity contribution is 0.149. The van der Waals surface area contributed by atoms with Crippen LogP contribution >= 0.6 is 0 Å². The second-order valence-corrected chi connectivity index (χ2v) is 6.77. The Hall–Kier alpha value is -1.20. The maximum atomic E-state index is 4.36. The van der Waals surface area contributed by atoms with Crippen LogP contribution in [0.25, 0.3) is 0 Å². The number of likely N-dealkylation sites (N-methyl/N-ethyl adjacent to an activating group) is 1. The summed E-state index contributed by atoms with van der Waals surface area (Å²) in [6, 6.07) is 1.88. The van der Waals surface area contributed by atoms with E-state index in [-0.39, 0.29) is 0 Å². The van der Waals surface area contributed by atoms with Crippen molar-refractivity contribution in [1.29, 1.82) is 0 Å². The van der Waals surface area contributed by atoms with E-state index in [1.54, 1.807) is 0 Å². The van der Waals surface area contributed by atoms with Gasteiger partial charge in [0.15, 0.2) is 0 Å². The Bertz CT molecular complexity index is 423. The van der Waals surface area contributed by atoms with Crippen molar-refractivity contribution in [2.24, 2.45) is 5.92 Å². The largest absolute Gasteiger partial charge is 0.341 e. The van der Waals surface area contributed by atoms with Crippen LogP contribution in [0.4, 0.5) is 5.95 Å². The van der Waals surface area contributed by atoms with E-state index in [9.17, 15) is 0 Å². The predicted octanol–water partition coefficient (Wildman–Crippen LogP) is 2.75. The molecule has 5 nitrogen and oxygen atoms in total. The molecule has 2 saturated heterocycles. The standard InChI is InChI=1S/C17H29N5.C2H6/c1-20-12-14-21(15-13-20)9-2-4-16-5-10-22(11-6-16)17-18-7-3-8-19-17;1-2/h3,7-8,16H,2,4-6,9-15H2,1H3;1-2H3. The summed E-state index contributed by atoms with van der Waals surface area (Å²) in [5.74, 6) is 1.80. The van der Waals surface area contributed by atoms with E-state index in [2.05, 4.69) is 31.7 Å². The zero-order valence-corrected chi connectivity index (χ0v) is 15.8. The van der Waals surface area contributed by atoms with Gasteiger partial charge in [-0.25, -0.2) is 9.97 Å². The van der Waals surface area contributed by atoms with Crippen LogP contribution in [0.5, 0.6) is 0 Å². The van der Waals surface area contributed by atoms with Gasteiger partial charge in [0, 0.05) is 51.7 Å². The van der Waals surface area contributed by atoms with Gasteiger partial charge < -0.3 is 14.7 Å². The van der Waals surface area contributed by atoms with Gasteiger partial charge in [-0.1, -0.05) is 13.8 Å². The van der Waals surface area contributed by atoms with Crippen molar-refractivity contribution < 1.29 is 0 Å². The molecule has 0 radical (unpaired) electrons. The summed E-state index contributed by atoms with van der Waals surface area (Å²) >= 11 is 0. The van der Waals surface area contributed by atoms with Crippen LogP contribution in [0.3, 0.4) is 0 Å². The molecular formula is C19H35N5. The lowest BCUT2D eigenvalue weighted by Crippen LogP contribution is -2.44. The lowest BCUT2D eigenvalue weighted by Gasteiger charge is -2.34. The zero-order valence-electron chi connectivity index (χ0n) is 15.8. The van der Waals surface area contributed by atoms with Gasteiger partial charge in [0.05, 0.1) is 0 Å². The minimum atomic E-state index is 0.896. The topological polar surface area (TPSA) is 35.5 Å². The summed E-state index contributed by atoms with van der Waals surface area (Å²) in [5, 5.41) is 0. The fraction of sp³-hybridized carbons (Fsp3) is 0.789. The number of nitrogens with zero attached hydrogens (tertiary/aromatic N) is 5. The van der Waals surface area contributed by atoms with Gasteiger partial charge >= 0.3 is 0 Å². The van der Waals surface area contributed by atoms with Gasteiger partial charge in [0.1, 0.15) is 0 Å². The molecule has 0 N–H and O–H groups in total. The van der Waals surface area contributed by atoms with Crippen molar-refractivity contribution in [1.82, 2.24) is 19.8 Å². The molecule has 2 fully saturated rings. The molecule has 0 saturated carbocycles. The third-order valence-electron chi connectivity index (χ3n) is 5.13. The number of piperazine rings is 1. The van der Waals surface area contributed by atoms with E-state index in [1.165, 1.54) is 58.4 Å². The van der Waals surface area contributed by atoms with Crippen LogP contribution in [0.1, 0.15) is 39.5 Å². The lowest BCUT2D eigenvalue weighted by atomic mass is 9.92. The first-order valence-electron chi connectivity index (χ1n) is 9.74. The van der Waals surface area contributed by atoms with E-state index in [0.717, 1.165) is 25.0 Å². The van der Waals surface area contributed by atoms with Crippen LogP contribution < -0.4 is 4.90 Å². The summed E-state index contributed by atoms with van der Waals surface area (Å²) < 4.78 is 0. The van der Waals surface area contributed by atoms with E-state index >= 15 is 0 Å². The van der Waals surface area contributed by atoms with Gasteiger partial charge in [-0.15, -0.1) is 0 Å². The summed E-state index contributed by atoms with van der Waals surface area (Å²) in [5.41, 5.74) is 0. The Morgan fingerprint density at radius 2 is 1.58 bits per heavy atom. The molecule has 2 aliphatic rings. The molecule has 0 atom stereocenters. The van der Waals surface area contributed by atoms with Crippen LogP contribution in [0.2, 0.25) is 0 Å². The molecule has 0 amide bonds. The van der Waals surface area contributed by atoms with Crippen LogP contribution in [-0.4, -0.2) is 72.6 Å². The number of piperidine rings is 1. The van der Waals surface area contributed by atoms with Crippen molar-refractivity contribution in [2.45, 2.75) is 39.5 Å². The number of rotatable bonds is 5. The second-order valence-electron chi connectivity index (χ2n) is 6.77. The minimum Gasteiger partial charge on any atom is -0.341 e. The SMILES string of the molecule is CC.CN1CCN(CCCC2CCN(c3ncccn3)CC2)CC1. The first-order chi connectivity index (χ1) is 11.8. The molecule has 24 heavy (non-hydrogen) atoms. The molecule has 0 bridgehead atoms. The Morgan fingerprint density at radius 3 is 2.21 bits per heavy atom. The molecule has 3 heterocycles. The van der Waals surface area contributed by atoms with Crippen molar-refractivity contribution in [3.05, 3.63) is 18.5 Å². The third kappa shape index (κ3) is 6.02. The molecule has 0 aliphatic carbocycles. The molecule has 0 aromatic carbocycles. The smallest absolute Gasteiger partial charge is 0.225 e. The molecule has 3 rings (SSSR count). The molecule has 0 spiro atoms. The summed E-state index contributed by atoms with van der Waals surface area (Å²) in [7, 11) is 2.22. The second kappa shape index (κ2) is 10.6. The normalized spacial score (nSPS) is 20.5. The van der Waals surface area contributed by atoms with E-state index in [4.69, 9.17) is 0 Å². The van der Waals surface area contributed by atoms with Crippen molar-refractivity contribution in [3.63, 3.8) is 0 Å². The van der Waals surface area contributed by atoms with Crippen LogP contribution in [0.15, 0.2) is 18.5 Å².